The quantitative estimate of drug-likeness (QED) is 0.152. The van der Waals surface area contributed by atoms with E-state index in [4.69, 9.17) is 9.47 Å². The van der Waals surface area contributed by atoms with Gasteiger partial charge >= 0.3 is 0 Å². The third kappa shape index (κ3) is 9.47. The first-order valence-electron chi connectivity index (χ1n) is 24.4. The van der Waals surface area contributed by atoms with Crippen LogP contribution in [-0.4, -0.2) is 87.3 Å². The summed E-state index contributed by atoms with van der Waals surface area (Å²) in [6.07, 6.45) is 21.5. The minimum Gasteiger partial charge on any atom is -0.497 e. The summed E-state index contributed by atoms with van der Waals surface area (Å²) >= 11 is 0. The summed E-state index contributed by atoms with van der Waals surface area (Å²) in [6, 6.07) is 47.6. The van der Waals surface area contributed by atoms with E-state index >= 15 is 0 Å². The number of methoxy groups -OCH3 is 1. The van der Waals surface area contributed by atoms with E-state index in [1.165, 1.54) is 110 Å². The van der Waals surface area contributed by atoms with Crippen molar-refractivity contribution in [3.8, 4) is 5.75 Å². The second-order valence-electron chi connectivity index (χ2n) is 19.7. The molecule has 3 aliphatic carbocycles. The highest BCUT2D eigenvalue weighted by molar-refractivity contribution is 5.93. The van der Waals surface area contributed by atoms with Crippen molar-refractivity contribution in [1.29, 1.82) is 0 Å². The number of likely N-dealkylation sites (tertiary alicyclic amines) is 1. The van der Waals surface area contributed by atoms with Crippen LogP contribution in [0.2, 0.25) is 0 Å². The largest absolute Gasteiger partial charge is 0.497 e. The van der Waals surface area contributed by atoms with Crippen molar-refractivity contribution in [2.45, 2.75) is 106 Å². The predicted molar refractivity (Wildman–Crippen MR) is 267 cm³/mol. The van der Waals surface area contributed by atoms with E-state index in [-0.39, 0.29) is 6.10 Å². The predicted octanol–water partition coefficient (Wildman–Crippen LogP) is 12.4. The number of benzene rings is 5. The van der Waals surface area contributed by atoms with Gasteiger partial charge in [0.2, 0.25) is 0 Å². The number of likely N-dealkylation sites (N-methyl/N-ethyl adjacent to an activating group) is 1. The Morgan fingerprint density at radius 1 is 0.719 bits per heavy atom. The molecular formula is C59H71N3O2. The summed E-state index contributed by atoms with van der Waals surface area (Å²) in [6.45, 7) is 2.33. The van der Waals surface area contributed by atoms with Gasteiger partial charge in [-0.15, -0.1) is 0 Å². The Labute approximate surface area is 384 Å². The Kier molecular flexibility index (Phi) is 14.0. The smallest absolute Gasteiger partial charge is 0.119 e. The Hall–Kier alpha value is -4.78. The molecule has 4 fully saturated rings. The van der Waals surface area contributed by atoms with Crippen LogP contribution >= 0.6 is 0 Å². The van der Waals surface area contributed by atoms with Gasteiger partial charge in [0.15, 0.2) is 0 Å². The summed E-state index contributed by atoms with van der Waals surface area (Å²) < 4.78 is 12.2. The van der Waals surface area contributed by atoms with Crippen molar-refractivity contribution in [1.82, 2.24) is 14.7 Å². The maximum Gasteiger partial charge on any atom is 0.119 e. The summed E-state index contributed by atoms with van der Waals surface area (Å²) in [5.74, 6) is 1.91. The standard InChI is InChI=1S/C21H25NO.C20H21N.C18H25NO/c1-22-18-12-13-19(22)15-20(14-18)23-21(16-8-4-2-5-9-16)17-10-6-3-7-11-17;1-21(2)15-7-12-20-18-10-5-3-8-16(18)13-14-17-9-4-6-11-19(17)20;1-19-10-9-18-8-4-3-5-15(18)17(19)11-13-6-7-14(20-2)12-16(13)18/h2-11,18-21H,12-15H2,1H3;3-6,8-14H,7,15H2,1-2H3;6-7,12,15,17H,3-5,8-11H2,1-2H3/t18-,19+,20?;;15-,17+,18+/m..1/s1. The van der Waals surface area contributed by atoms with Gasteiger partial charge in [-0.1, -0.05) is 146 Å². The molecule has 0 aromatic heterocycles. The molecule has 5 nitrogen and oxygen atoms in total. The topological polar surface area (TPSA) is 28.2 Å². The van der Waals surface area contributed by atoms with Gasteiger partial charge in [0.1, 0.15) is 11.9 Å². The molecule has 5 aromatic carbocycles. The molecular weight excluding hydrogens is 783 g/mol. The molecule has 4 bridgehead atoms. The van der Waals surface area contributed by atoms with Gasteiger partial charge in [-0.2, -0.15) is 0 Å². The summed E-state index contributed by atoms with van der Waals surface area (Å²) in [7, 11) is 10.6. The van der Waals surface area contributed by atoms with Crippen molar-refractivity contribution in [3.63, 3.8) is 0 Å². The van der Waals surface area contributed by atoms with E-state index in [1.54, 1.807) is 18.2 Å². The molecule has 0 amide bonds. The lowest BCUT2D eigenvalue weighted by Gasteiger charge is -2.58. The lowest BCUT2D eigenvalue weighted by Crippen LogP contribution is -2.59. The van der Waals surface area contributed by atoms with Crippen LogP contribution in [0.15, 0.2) is 133 Å². The van der Waals surface area contributed by atoms with E-state index in [0.717, 1.165) is 30.7 Å². The SMILES string of the molecule is CN(C)CCC=C1c2ccccc2C=Cc2ccccc21.CN1[C@@H]2CC[C@H]1CC(OC(c1ccccc1)c1ccccc1)C2.COc1ccc2c(c1)[C@]13CCCC[C@@H]1[C@H](C2)N(C)CC3. The highest BCUT2D eigenvalue weighted by Gasteiger charge is 2.53. The van der Waals surface area contributed by atoms with Crippen molar-refractivity contribution in [3.05, 3.63) is 178 Å². The molecule has 1 unspecified atom stereocenters. The zero-order valence-electron chi connectivity index (χ0n) is 39.2. The van der Waals surface area contributed by atoms with Crippen LogP contribution in [0.5, 0.6) is 5.75 Å². The molecule has 3 aliphatic heterocycles. The lowest BCUT2D eigenvalue weighted by molar-refractivity contribution is -0.0426. The molecule has 64 heavy (non-hydrogen) atoms. The normalized spacial score (nSPS) is 25.4. The molecule has 334 valence electrons. The van der Waals surface area contributed by atoms with Crippen LogP contribution in [0.1, 0.15) is 115 Å². The average Bonchev–Trinajstić information content (AvgIpc) is 3.46. The van der Waals surface area contributed by atoms with Crippen molar-refractivity contribution < 1.29 is 9.47 Å². The molecule has 0 radical (unpaired) electrons. The van der Waals surface area contributed by atoms with Crippen LogP contribution in [0.25, 0.3) is 17.7 Å². The van der Waals surface area contributed by atoms with Crippen LogP contribution in [0.4, 0.5) is 0 Å². The van der Waals surface area contributed by atoms with Crippen LogP contribution in [0.3, 0.4) is 0 Å². The fraction of sp³-hybridized carbons (Fsp3) is 0.424. The molecule has 5 aromatic rings. The zero-order valence-corrected chi connectivity index (χ0v) is 39.2. The van der Waals surface area contributed by atoms with Crippen LogP contribution in [0, 0.1) is 5.92 Å². The van der Waals surface area contributed by atoms with Gasteiger partial charge < -0.3 is 24.2 Å². The zero-order chi connectivity index (χ0) is 44.0. The van der Waals surface area contributed by atoms with Gasteiger partial charge in [-0.25, -0.2) is 0 Å². The third-order valence-corrected chi connectivity index (χ3v) is 15.8. The number of ether oxygens (including phenoxy) is 2. The third-order valence-electron chi connectivity index (χ3n) is 15.8. The van der Waals surface area contributed by atoms with E-state index < -0.39 is 0 Å². The summed E-state index contributed by atoms with van der Waals surface area (Å²) in [5.41, 5.74) is 12.8. The maximum atomic E-state index is 6.67. The Morgan fingerprint density at radius 2 is 1.33 bits per heavy atom. The Bertz CT molecular complexity index is 2270. The summed E-state index contributed by atoms with van der Waals surface area (Å²) in [5, 5.41) is 0. The average molecular weight is 854 g/mol. The Morgan fingerprint density at radius 3 is 1.94 bits per heavy atom. The molecule has 1 saturated carbocycles. The molecule has 11 rings (SSSR count). The van der Waals surface area contributed by atoms with Crippen molar-refractivity contribution >= 4 is 17.7 Å². The second kappa shape index (κ2) is 20.2. The first-order chi connectivity index (χ1) is 31.3. The second-order valence-corrected chi connectivity index (χ2v) is 19.7. The lowest BCUT2D eigenvalue weighted by atomic mass is 9.52. The first-order valence-corrected chi connectivity index (χ1v) is 24.4. The molecule has 6 aliphatic rings. The number of fused-ring (bicyclic) bond motifs is 5. The minimum atomic E-state index is 0.0465. The maximum absolute atomic E-state index is 6.67. The number of nitrogens with zero attached hydrogens (tertiary/aromatic N) is 3. The van der Waals surface area contributed by atoms with Crippen LogP contribution < -0.4 is 4.74 Å². The molecule has 3 heterocycles. The number of piperidine rings is 2. The first kappa shape index (κ1) is 44.4. The van der Waals surface area contributed by atoms with Gasteiger partial charge in [-0.3, -0.25) is 0 Å². The molecule has 6 atom stereocenters. The summed E-state index contributed by atoms with van der Waals surface area (Å²) in [4.78, 5) is 7.42. The van der Waals surface area contributed by atoms with Gasteiger partial charge in [0.25, 0.3) is 0 Å². The molecule has 0 N–H and O–H groups in total. The van der Waals surface area contributed by atoms with E-state index in [2.05, 4.69) is 189 Å². The number of hydrogen-bond acceptors (Lipinski definition) is 5. The van der Waals surface area contributed by atoms with Crippen LogP contribution in [-0.2, 0) is 16.6 Å². The molecule has 3 saturated heterocycles. The number of rotatable bonds is 8. The minimum absolute atomic E-state index is 0.0465. The van der Waals surface area contributed by atoms with Crippen molar-refractivity contribution in [2.75, 3.05) is 48.4 Å². The van der Waals surface area contributed by atoms with E-state index in [9.17, 15) is 0 Å². The highest BCUT2D eigenvalue weighted by Crippen LogP contribution is 2.56. The van der Waals surface area contributed by atoms with Gasteiger partial charge in [-0.05, 0) is 161 Å². The van der Waals surface area contributed by atoms with E-state index in [0.29, 0.717) is 23.6 Å². The fourth-order valence-corrected chi connectivity index (χ4v) is 12.4. The van der Waals surface area contributed by atoms with E-state index in [1.807, 2.05) is 0 Å². The number of hydrogen-bond donors (Lipinski definition) is 0. The fourth-order valence-electron chi connectivity index (χ4n) is 12.4. The van der Waals surface area contributed by atoms with Gasteiger partial charge in [0, 0.05) is 30.1 Å². The van der Waals surface area contributed by atoms with Gasteiger partial charge in [0.05, 0.1) is 13.2 Å². The highest BCUT2D eigenvalue weighted by atomic mass is 16.5. The Balaban J connectivity index is 0.000000122. The monoisotopic (exact) mass is 854 g/mol. The molecule has 0 spiro atoms. The molecule has 5 heteroatoms. The van der Waals surface area contributed by atoms with Crippen molar-refractivity contribution in [2.24, 2.45) is 5.92 Å².